The topological polar surface area (TPSA) is 69.4 Å². The molecule has 1 aliphatic heterocycles. The predicted molar refractivity (Wildman–Crippen MR) is 71.2 cm³/mol. The van der Waals surface area contributed by atoms with Gasteiger partial charge in [-0.15, -0.1) is 0 Å². The molecule has 1 aromatic carbocycles. The van der Waals surface area contributed by atoms with Crippen molar-refractivity contribution in [1.29, 1.82) is 0 Å². The first kappa shape index (κ1) is 13.4. The van der Waals surface area contributed by atoms with Crippen LogP contribution in [0.15, 0.2) is 23.1 Å². The van der Waals surface area contributed by atoms with Gasteiger partial charge in [-0.05, 0) is 49.9 Å². The average molecular weight is 269 g/mol. The number of sulfone groups is 1. The molecule has 0 radical (unpaired) electrons. The second kappa shape index (κ2) is 5.28. The van der Waals surface area contributed by atoms with Gasteiger partial charge in [-0.1, -0.05) is 0 Å². The van der Waals surface area contributed by atoms with Crippen LogP contribution in [0.3, 0.4) is 0 Å². The van der Waals surface area contributed by atoms with Gasteiger partial charge in [0.2, 0.25) is 0 Å². The fourth-order valence-electron chi connectivity index (χ4n) is 2.12. The van der Waals surface area contributed by atoms with E-state index in [2.05, 4.69) is 0 Å². The molecule has 1 saturated heterocycles. The van der Waals surface area contributed by atoms with Crippen LogP contribution in [0.4, 0.5) is 5.69 Å². The van der Waals surface area contributed by atoms with E-state index in [1.807, 2.05) is 6.92 Å². The zero-order chi connectivity index (χ0) is 13.2. The molecule has 0 aromatic heterocycles. The van der Waals surface area contributed by atoms with Gasteiger partial charge in [0.15, 0.2) is 9.84 Å². The lowest BCUT2D eigenvalue weighted by molar-refractivity contribution is 0.0305. The van der Waals surface area contributed by atoms with E-state index < -0.39 is 9.84 Å². The highest BCUT2D eigenvalue weighted by molar-refractivity contribution is 7.91. The van der Waals surface area contributed by atoms with Crippen LogP contribution < -0.4 is 5.73 Å². The van der Waals surface area contributed by atoms with Crippen molar-refractivity contribution >= 4 is 15.5 Å². The number of aryl methyl sites for hydroxylation is 1. The molecular formula is C13H19NO3S. The fraction of sp³-hybridized carbons (Fsp3) is 0.538. The molecule has 100 valence electrons. The third-order valence-electron chi connectivity index (χ3n) is 3.28. The lowest BCUT2D eigenvalue weighted by Gasteiger charge is -2.22. The Balaban J connectivity index is 2.16. The SMILES string of the molecule is Cc1cc(S(=O)(=O)CC2CCCCO2)ccc1N. The number of anilines is 1. The van der Waals surface area contributed by atoms with Gasteiger partial charge >= 0.3 is 0 Å². The molecule has 1 heterocycles. The lowest BCUT2D eigenvalue weighted by Crippen LogP contribution is -2.27. The summed E-state index contributed by atoms with van der Waals surface area (Å²) in [5, 5.41) is 0. The Bertz CT molecular complexity index is 519. The van der Waals surface area contributed by atoms with Crippen LogP contribution in [0, 0.1) is 6.92 Å². The summed E-state index contributed by atoms with van der Waals surface area (Å²) < 4.78 is 30.0. The summed E-state index contributed by atoms with van der Waals surface area (Å²) in [6, 6.07) is 4.85. The van der Waals surface area contributed by atoms with Crippen LogP contribution >= 0.6 is 0 Å². The van der Waals surface area contributed by atoms with Gasteiger partial charge in [0.25, 0.3) is 0 Å². The van der Waals surface area contributed by atoms with E-state index in [9.17, 15) is 8.42 Å². The molecule has 0 saturated carbocycles. The molecule has 0 bridgehead atoms. The van der Waals surface area contributed by atoms with E-state index in [-0.39, 0.29) is 11.9 Å². The monoisotopic (exact) mass is 269 g/mol. The number of hydrogen-bond acceptors (Lipinski definition) is 4. The van der Waals surface area contributed by atoms with Crippen LogP contribution in [-0.2, 0) is 14.6 Å². The molecule has 4 nitrogen and oxygen atoms in total. The van der Waals surface area contributed by atoms with Crippen LogP contribution in [0.5, 0.6) is 0 Å². The minimum absolute atomic E-state index is 0.0658. The molecule has 2 N–H and O–H groups in total. The maximum atomic E-state index is 12.2. The van der Waals surface area contributed by atoms with E-state index in [1.54, 1.807) is 18.2 Å². The summed E-state index contributed by atoms with van der Waals surface area (Å²) in [6.07, 6.45) is 2.73. The van der Waals surface area contributed by atoms with Gasteiger partial charge in [0.05, 0.1) is 16.8 Å². The van der Waals surface area contributed by atoms with E-state index in [4.69, 9.17) is 10.5 Å². The Hall–Kier alpha value is -1.07. The Kier molecular flexibility index (Phi) is 3.92. The summed E-state index contributed by atoms with van der Waals surface area (Å²) in [5.41, 5.74) is 7.10. The fourth-order valence-corrected chi connectivity index (χ4v) is 3.70. The standard InChI is InChI=1S/C13H19NO3S/c1-10-8-12(5-6-13(10)14)18(15,16)9-11-4-2-3-7-17-11/h5-6,8,11H,2-4,7,9,14H2,1H3. The van der Waals surface area contributed by atoms with Gasteiger partial charge in [0, 0.05) is 12.3 Å². The van der Waals surface area contributed by atoms with Gasteiger partial charge in [-0.2, -0.15) is 0 Å². The van der Waals surface area contributed by atoms with Crippen LogP contribution in [-0.4, -0.2) is 26.9 Å². The number of hydrogen-bond donors (Lipinski definition) is 1. The normalized spacial score (nSPS) is 20.8. The van der Waals surface area contributed by atoms with E-state index in [0.717, 1.165) is 24.8 Å². The quantitative estimate of drug-likeness (QED) is 0.851. The summed E-state index contributed by atoms with van der Waals surface area (Å²) >= 11 is 0. The minimum atomic E-state index is -3.28. The van der Waals surface area contributed by atoms with Crippen LogP contribution in [0.25, 0.3) is 0 Å². The summed E-state index contributed by atoms with van der Waals surface area (Å²) in [6.45, 7) is 2.48. The van der Waals surface area contributed by atoms with Gasteiger partial charge in [-0.3, -0.25) is 0 Å². The van der Waals surface area contributed by atoms with Gasteiger partial charge in [-0.25, -0.2) is 8.42 Å². The van der Waals surface area contributed by atoms with Gasteiger partial charge in [0.1, 0.15) is 0 Å². The predicted octanol–water partition coefficient (Wildman–Crippen LogP) is 1.92. The zero-order valence-corrected chi connectivity index (χ0v) is 11.4. The molecule has 1 aromatic rings. The maximum Gasteiger partial charge on any atom is 0.180 e. The Labute approximate surface area is 108 Å². The average Bonchev–Trinajstić information content (AvgIpc) is 2.33. The minimum Gasteiger partial charge on any atom is -0.399 e. The van der Waals surface area contributed by atoms with Crippen molar-refractivity contribution in [2.75, 3.05) is 18.1 Å². The summed E-state index contributed by atoms with van der Waals surface area (Å²) in [5.74, 6) is 0.0658. The Morgan fingerprint density at radius 3 is 2.78 bits per heavy atom. The molecule has 1 fully saturated rings. The smallest absolute Gasteiger partial charge is 0.180 e. The van der Waals surface area contributed by atoms with Crippen molar-refractivity contribution in [2.24, 2.45) is 0 Å². The van der Waals surface area contributed by atoms with Crippen molar-refractivity contribution in [3.8, 4) is 0 Å². The highest BCUT2D eigenvalue weighted by Gasteiger charge is 2.23. The van der Waals surface area contributed by atoms with E-state index in [0.29, 0.717) is 17.2 Å². The molecule has 1 aliphatic rings. The van der Waals surface area contributed by atoms with Crippen LogP contribution in [0.2, 0.25) is 0 Å². The summed E-state index contributed by atoms with van der Waals surface area (Å²) in [4.78, 5) is 0.336. The second-order valence-electron chi connectivity index (χ2n) is 4.79. The second-order valence-corrected chi connectivity index (χ2v) is 6.82. The Morgan fingerprint density at radius 2 is 2.17 bits per heavy atom. The van der Waals surface area contributed by atoms with Crippen molar-refractivity contribution in [3.63, 3.8) is 0 Å². The van der Waals surface area contributed by atoms with E-state index >= 15 is 0 Å². The van der Waals surface area contributed by atoms with Crippen molar-refractivity contribution in [1.82, 2.24) is 0 Å². The number of ether oxygens (including phenoxy) is 1. The number of rotatable bonds is 3. The molecule has 18 heavy (non-hydrogen) atoms. The number of nitrogens with two attached hydrogens (primary N) is 1. The maximum absolute atomic E-state index is 12.2. The largest absolute Gasteiger partial charge is 0.399 e. The highest BCUT2D eigenvalue weighted by atomic mass is 32.2. The first-order chi connectivity index (χ1) is 8.49. The molecule has 1 unspecified atom stereocenters. The van der Waals surface area contributed by atoms with E-state index in [1.165, 1.54) is 0 Å². The Morgan fingerprint density at radius 1 is 1.39 bits per heavy atom. The van der Waals surface area contributed by atoms with Crippen molar-refractivity contribution in [3.05, 3.63) is 23.8 Å². The molecule has 0 aliphatic carbocycles. The first-order valence-corrected chi connectivity index (χ1v) is 7.85. The molecule has 0 spiro atoms. The highest BCUT2D eigenvalue weighted by Crippen LogP contribution is 2.21. The third-order valence-corrected chi connectivity index (χ3v) is 5.06. The van der Waals surface area contributed by atoms with Gasteiger partial charge < -0.3 is 10.5 Å². The zero-order valence-electron chi connectivity index (χ0n) is 10.6. The first-order valence-electron chi connectivity index (χ1n) is 6.19. The number of benzene rings is 1. The molecule has 2 rings (SSSR count). The summed E-state index contributed by atoms with van der Waals surface area (Å²) in [7, 11) is -3.28. The molecule has 0 amide bonds. The molecule has 5 heteroatoms. The van der Waals surface area contributed by atoms with Crippen LogP contribution in [0.1, 0.15) is 24.8 Å². The third kappa shape index (κ3) is 3.03. The number of nitrogen functional groups attached to an aromatic ring is 1. The van der Waals surface area contributed by atoms with Crippen molar-refractivity contribution < 1.29 is 13.2 Å². The lowest BCUT2D eigenvalue weighted by atomic mass is 10.1. The molecular weight excluding hydrogens is 250 g/mol. The molecule has 1 atom stereocenters. The van der Waals surface area contributed by atoms with Crippen molar-refractivity contribution in [2.45, 2.75) is 37.2 Å².